The quantitative estimate of drug-likeness (QED) is 0.479. The third-order valence-corrected chi connectivity index (χ3v) is 7.29. The second-order valence-electron chi connectivity index (χ2n) is 8.45. The Hall–Kier alpha value is -1.69. The lowest BCUT2D eigenvalue weighted by atomic mass is 9.97. The van der Waals surface area contributed by atoms with Gasteiger partial charge >= 0.3 is 0 Å². The molecule has 4 nitrogen and oxygen atoms in total. The van der Waals surface area contributed by atoms with E-state index in [0.717, 1.165) is 42.0 Å². The number of aryl methyl sites for hydroxylation is 1. The highest BCUT2D eigenvalue weighted by Gasteiger charge is 2.26. The van der Waals surface area contributed by atoms with Gasteiger partial charge in [-0.25, -0.2) is 4.98 Å². The molecule has 1 fully saturated rings. The van der Waals surface area contributed by atoms with E-state index in [0.29, 0.717) is 17.2 Å². The zero-order chi connectivity index (χ0) is 20.7. The average molecular weight is 429 g/mol. The van der Waals surface area contributed by atoms with E-state index >= 15 is 0 Å². The highest BCUT2D eigenvalue weighted by Crippen LogP contribution is 2.43. The van der Waals surface area contributed by atoms with Crippen LogP contribution >= 0.6 is 22.9 Å². The standard InChI is InChI=1S/C23H29ClN4S/c1-14(2)16-6-8-17(9-7-16)19-15(3)29-22-20(19)21(25-23(24)26-22)28(5)18-10-12-27(4)13-11-18/h6-9,14,18H,10-13H2,1-5H3. The molecular formula is C23H29ClN4S. The first-order chi connectivity index (χ1) is 13.8. The fourth-order valence-corrected chi connectivity index (χ4v) is 5.52. The van der Waals surface area contributed by atoms with E-state index in [-0.39, 0.29) is 0 Å². The molecule has 0 amide bonds. The molecule has 0 aliphatic carbocycles. The predicted molar refractivity (Wildman–Crippen MR) is 126 cm³/mol. The molecule has 3 aromatic rings. The molecular weight excluding hydrogens is 400 g/mol. The van der Waals surface area contributed by atoms with Gasteiger partial charge in [0.1, 0.15) is 10.6 Å². The Morgan fingerprint density at radius 3 is 2.41 bits per heavy atom. The van der Waals surface area contributed by atoms with Crippen LogP contribution in [0.25, 0.3) is 21.3 Å². The first kappa shape index (κ1) is 20.6. The van der Waals surface area contributed by atoms with Crippen LogP contribution < -0.4 is 4.90 Å². The monoisotopic (exact) mass is 428 g/mol. The number of anilines is 1. The van der Waals surface area contributed by atoms with Crippen molar-refractivity contribution in [3.8, 4) is 11.1 Å². The summed E-state index contributed by atoms with van der Waals surface area (Å²) in [6, 6.07) is 9.41. The van der Waals surface area contributed by atoms with E-state index < -0.39 is 0 Å². The van der Waals surface area contributed by atoms with Crippen LogP contribution in [0.5, 0.6) is 0 Å². The minimum atomic E-state index is 0.329. The van der Waals surface area contributed by atoms with Crippen LogP contribution in [0.15, 0.2) is 24.3 Å². The number of fused-ring (bicyclic) bond motifs is 1. The summed E-state index contributed by atoms with van der Waals surface area (Å²) >= 11 is 8.05. The van der Waals surface area contributed by atoms with Crippen molar-refractivity contribution < 1.29 is 0 Å². The van der Waals surface area contributed by atoms with E-state index in [4.69, 9.17) is 16.6 Å². The largest absolute Gasteiger partial charge is 0.356 e. The molecule has 2 aromatic heterocycles. The zero-order valence-electron chi connectivity index (χ0n) is 17.9. The summed E-state index contributed by atoms with van der Waals surface area (Å²) in [5, 5.41) is 1.46. The predicted octanol–water partition coefficient (Wildman–Crippen LogP) is 5.97. The Labute approximate surface area is 182 Å². The number of piperidine rings is 1. The number of likely N-dealkylation sites (tertiary alicyclic amines) is 1. The summed E-state index contributed by atoms with van der Waals surface area (Å²) in [5.74, 6) is 1.49. The Bertz CT molecular complexity index is 1000. The summed E-state index contributed by atoms with van der Waals surface area (Å²) in [7, 11) is 4.35. The second-order valence-corrected chi connectivity index (χ2v) is 9.99. The Morgan fingerprint density at radius 1 is 1.14 bits per heavy atom. The number of rotatable bonds is 4. The van der Waals surface area contributed by atoms with Crippen LogP contribution in [0, 0.1) is 6.92 Å². The fourth-order valence-electron chi connectivity index (χ4n) is 4.26. The van der Waals surface area contributed by atoms with Gasteiger partial charge < -0.3 is 9.80 Å². The van der Waals surface area contributed by atoms with E-state index in [1.165, 1.54) is 21.6 Å². The van der Waals surface area contributed by atoms with Crippen LogP contribution in [0.4, 0.5) is 5.82 Å². The molecule has 154 valence electrons. The molecule has 0 spiro atoms. The zero-order valence-corrected chi connectivity index (χ0v) is 19.4. The number of hydrogen-bond donors (Lipinski definition) is 0. The van der Waals surface area contributed by atoms with Crippen molar-refractivity contribution in [2.45, 2.75) is 45.6 Å². The minimum absolute atomic E-state index is 0.329. The number of nitrogens with zero attached hydrogens (tertiary/aromatic N) is 4. The molecule has 1 saturated heterocycles. The summed E-state index contributed by atoms with van der Waals surface area (Å²) in [5.41, 5.74) is 3.82. The van der Waals surface area contributed by atoms with Gasteiger partial charge in [-0.15, -0.1) is 11.3 Å². The Balaban J connectivity index is 1.82. The topological polar surface area (TPSA) is 32.3 Å². The third-order valence-electron chi connectivity index (χ3n) is 6.12. The van der Waals surface area contributed by atoms with Crippen LogP contribution in [-0.4, -0.2) is 48.1 Å². The number of halogens is 1. The third kappa shape index (κ3) is 4.00. The molecule has 4 rings (SSSR count). The van der Waals surface area contributed by atoms with Gasteiger partial charge in [0, 0.05) is 23.5 Å². The lowest BCUT2D eigenvalue weighted by Crippen LogP contribution is -2.42. The van der Waals surface area contributed by atoms with Gasteiger partial charge in [-0.1, -0.05) is 38.1 Å². The summed E-state index contributed by atoms with van der Waals surface area (Å²) in [6.07, 6.45) is 2.27. The van der Waals surface area contributed by atoms with Crippen molar-refractivity contribution in [2.24, 2.45) is 0 Å². The van der Waals surface area contributed by atoms with Crippen molar-refractivity contribution in [2.75, 3.05) is 32.1 Å². The Kier molecular flexibility index (Phi) is 5.83. The van der Waals surface area contributed by atoms with E-state index in [2.05, 4.69) is 73.9 Å². The van der Waals surface area contributed by atoms with Gasteiger partial charge in [0.15, 0.2) is 0 Å². The van der Waals surface area contributed by atoms with Crippen molar-refractivity contribution in [3.63, 3.8) is 0 Å². The van der Waals surface area contributed by atoms with Crippen molar-refractivity contribution in [1.29, 1.82) is 0 Å². The fraction of sp³-hybridized carbons (Fsp3) is 0.478. The molecule has 0 bridgehead atoms. The van der Waals surface area contributed by atoms with Crippen LogP contribution in [-0.2, 0) is 0 Å². The molecule has 1 aromatic carbocycles. The highest BCUT2D eigenvalue weighted by atomic mass is 35.5. The van der Waals surface area contributed by atoms with Crippen molar-refractivity contribution >= 4 is 39.0 Å². The number of hydrogen-bond acceptors (Lipinski definition) is 5. The minimum Gasteiger partial charge on any atom is -0.356 e. The summed E-state index contributed by atoms with van der Waals surface area (Å²) < 4.78 is 0. The highest BCUT2D eigenvalue weighted by molar-refractivity contribution is 7.19. The van der Waals surface area contributed by atoms with Crippen molar-refractivity contribution in [3.05, 3.63) is 40.0 Å². The average Bonchev–Trinajstić information content (AvgIpc) is 3.02. The smallest absolute Gasteiger partial charge is 0.225 e. The normalized spacial score (nSPS) is 16.1. The van der Waals surface area contributed by atoms with Gasteiger partial charge in [0.05, 0.1) is 5.39 Å². The lowest BCUT2D eigenvalue weighted by Gasteiger charge is -2.36. The SMILES string of the molecule is Cc1sc2nc(Cl)nc(N(C)C3CCN(C)CC3)c2c1-c1ccc(C(C)C)cc1. The number of benzene rings is 1. The maximum Gasteiger partial charge on any atom is 0.225 e. The molecule has 0 radical (unpaired) electrons. The second kappa shape index (κ2) is 8.21. The molecule has 0 N–H and O–H groups in total. The van der Waals surface area contributed by atoms with Crippen LogP contribution in [0.1, 0.15) is 43.0 Å². The summed E-state index contributed by atoms with van der Waals surface area (Å²) in [4.78, 5) is 16.2. The maximum atomic E-state index is 6.34. The summed E-state index contributed by atoms with van der Waals surface area (Å²) in [6.45, 7) is 8.85. The number of aromatic nitrogens is 2. The molecule has 0 saturated carbocycles. The van der Waals surface area contributed by atoms with Crippen molar-refractivity contribution in [1.82, 2.24) is 14.9 Å². The van der Waals surface area contributed by atoms with Crippen LogP contribution in [0.3, 0.4) is 0 Å². The van der Waals surface area contributed by atoms with Gasteiger partial charge in [-0.05, 0) is 68.5 Å². The molecule has 0 atom stereocenters. The van der Waals surface area contributed by atoms with E-state index in [1.54, 1.807) is 11.3 Å². The maximum absolute atomic E-state index is 6.34. The lowest BCUT2D eigenvalue weighted by molar-refractivity contribution is 0.252. The molecule has 1 aliphatic heterocycles. The molecule has 0 unspecified atom stereocenters. The van der Waals surface area contributed by atoms with E-state index in [9.17, 15) is 0 Å². The molecule has 29 heavy (non-hydrogen) atoms. The van der Waals surface area contributed by atoms with Gasteiger partial charge in [0.25, 0.3) is 0 Å². The first-order valence-corrected chi connectivity index (χ1v) is 11.5. The molecule has 6 heteroatoms. The first-order valence-electron chi connectivity index (χ1n) is 10.3. The van der Waals surface area contributed by atoms with Gasteiger partial charge in [0.2, 0.25) is 5.28 Å². The molecule has 1 aliphatic rings. The van der Waals surface area contributed by atoms with E-state index in [1.807, 2.05) is 0 Å². The van der Waals surface area contributed by atoms with Gasteiger partial charge in [-0.3, -0.25) is 0 Å². The Morgan fingerprint density at radius 2 is 1.79 bits per heavy atom. The van der Waals surface area contributed by atoms with Gasteiger partial charge in [-0.2, -0.15) is 4.98 Å². The molecule has 3 heterocycles. The van der Waals surface area contributed by atoms with Crippen LogP contribution in [0.2, 0.25) is 5.28 Å². The number of thiophene rings is 1.